The highest BCUT2D eigenvalue weighted by Crippen LogP contribution is 2.60. The molecule has 1 nitrogen and oxygen atoms in total. The van der Waals surface area contributed by atoms with Crippen molar-refractivity contribution in [3.63, 3.8) is 0 Å². The maximum absolute atomic E-state index is 2.48. The minimum absolute atomic E-state index is 0.599. The third kappa shape index (κ3) is 5.94. The summed E-state index contributed by atoms with van der Waals surface area (Å²) in [7, 11) is 0. The summed E-state index contributed by atoms with van der Waals surface area (Å²) >= 11 is 0. The van der Waals surface area contributed by atoms with Crippen LogP contribution in [-0.2, 0) is 5.41 Å². The molecule has 12 aromatic carbocycles. The van der Waals surface area contributed by atoms with Crippen LogP contribution in [0.5, 0.6) is 0 Å². The molecule has 1 aliphatic rings. The molecule has 0 N–H and O–H groups in total. The number of anilines is 3. The summed E-state index contributed by atoms with van der Waals surface area (Å²) < 4.78 is 0. The van der Waals surface area contributed by atoms with Crippen LogP contribution in [0.2, 0.25) is 0 Å². The van der Waals surface area contributed by atoms with Crippen LogP contribution in [0.1, 0.15) is 22.3 Å². The summed E-state index contributed by atoms with van der Waals surface area (Å²) in [6.45, 7) is 0. The normalized spacial score (nSPS) is 12.7. The maximum Gasteiger partial charge on any atom is 0.0714 e. The monoisotopic (exact) mass is 837 g/mol. The lowest BCUT2D eigenvalue weighted by Gasteiger charge is -2.35. The van der Waals surface area contributed by atoms with Gasteiger partial charge in [0.25, 0.3) is 0 Å². The van der Waals surface area contributed by atoms with Gasteiger partial charge in [-0.2, -0.15) is 0 Å². The Morgan fingerprint density at radius 2 is 0.682 bits per heavy atom. The molecule has 1 aliphatic carbocycles. The van der Waals surface area contributed by atoms with Gasteiger partial charge >= 0.3 is 0 Å². The zero-order valence-corrected chi connectivity index (χ0v) is 36.3. The lowest BCUT2D eigenvalue weighted by atomic mass is 9.67. The highest BCUT2D eigenvalue weighted by atomic mass is 15.1. The minimum Gasteiger partial charge on any atom is -0.310 e. The van der Waals surface area contributed by atoms with E-state index in [1.165, 1.54) is 98.7 Å². The van der Waals surface area contributed by atoms with Gasteiger partial charge < -0.3 is 4.90 Å². The Kier molecular flexibility index (Phi) is 8.82. The summed E-state index contributed by atoms with van der Waals surface area (Å²) in [5, 5.41) is 9.93. The molecule has 0 saturated heterocycles. The number of fused-ring (bicyclic) bond motifs is 7. The first-order valence-corrected chi connectivity index (χ1v) is 22.9. The second-order valence-corrected chi connectivity index (χ2v) is 17.6. The molecule has 0 bridgehead atoms. The summed E-state index contributed by atoms with van der Waals surface area (Å²) in [5.74, 6) is 0. The van der Waals surface area contributed by atoms with Crippen molar-refractivity contribution in [2.45, 2.75) is 5.41 Å². The second kappa shape index (κ2) is 15.3. The molecular weight excluding hydrogens is 795 g/mol. The Balaban J connectivity index is 1.06. The third-order valence-electron chi connectivity index (χ3n) is 14.1. The van der Waals surface area contributed by atoms with E-state index in [1.807, 2.05) is 0 Å². The number of rotatable bonds is 7. The molecule has 308 valence electrons. The number of benzene rings is 12. The first kappa shape index (κ1) is 38.0. The van der Waals surface area contributed by atoms with E-state index in [-0.39, 0.29) is 0 Å². The molecule has 12 aromatic rings. The van der Waals surface area contributed by atoms with Gasteiger partial charge in [-0.3, -0.25) is 0 Å². The minimum atomic E-state index is -0.599. The predicted octanol–water partition coefficient (Wildman–Crippen LogP) is 17.5. The Bertz CT molecular complexity index is 3610. The summed E-state index contributed by atoms with van der Waals surface area (Å²) in [6, 6.07) is 96.7. The van der Waals surface area contributed by atoms with Crippen LogP contribution in [0.25, 0.3) is 76.5 Å². The fraction of sp³-hybridized carbons (Fsp3) is 0.0154. The molecule has 0 spiro atoms. The fourth-order valence-electron chi connectivity index (χ4n) is 11.1. The number of hydrogen-bond acceptors (Lipinski definition) is 1. The molecule has 66 heavy (non-hydrogen) atoms. The van der Waals surface area contributed by atoms with Crippen molar-refractivity contribution < 1.29 is 0 Å². The van der Waals surface area contributed by atoms with Gasteiger partial charge in [0, 0.05) is 16.9 Å². The average Bonchev–Trinajstić information content (AvgIpc) is 3.70. The lowest BCUT2D eigenvalue weighted by Crippen LogP contribution is -2.28. The summed E-state index contributed by atoms with van der Waals surface area (Å²) in [6.07, 6.45) is 0. The van der Waals surface area contributed by atoms with E-state index in [1.54, 1.807) is 0 Å². The van der Waals surface area contributed by atoms with Crippen LogP contribution in [0.3, 0.4) is 0 Å². The van der Waals surface area contributed by atoms with Crippen molar-refractivity contribution in [1.29, 1.82) is 0 Å². The van der Waals surface area contributed by atoms with Crippen molar-refractivity contribution in [2.75, 3.05) is 4.90 Å². The predicted molar refractivity (Wildman–Crippen MR) is 279 cm³/mol. The quantitative estimate of drug-likeness (QED) is 0.155. The van der Waals surface area contributed by atoms with Crippen LogP contribution < -0.4 is 4.90 Å². The van der Waals surface area contributed by atoms with E-state index >= 15 is 0 Å². The van der Waals surface area contributed by atoms with Crippen molar-refractivity contribution >= 4 is 60.2 Å². The average molecular weight is 838 g/mol. The molecule has 0 radical (unpaired) electrons. The second-order valence-electron chi connectivity index (χ2n) is 17.6. The first-order chi connectivity index (χ1) is 32.7. The van der Waals surface area contributed by atoms with Crippen molar-refractivity contribution in [2.24, 2.45) is 0 Å². The Morgan fingerprint density at radius 3 is 1.23 bits per heavy atom. The molecule has 0 amide bonds. The van der Waals surface area contributed by atoms with E-state index in [0.29, 0.717) is 0 Å². The molecule has 13 rings (SSSR count). The van der Waals surface area contributed by atoms with Crippen LogP contribution in [-0.4, -0.2) is 0 Å². The van der Waals surface area contributed by atoms with Crippen LogP contribution >= 0.6 is 0 Å². The molecule has 0 saturated carbocycles. The van der Waals surface area contributed by atoms with Crippen molar-refractivity contribution in [3.8, 4) is 33.4 Å². The van der Waals surface area contributed by atoms with Crippen LogP contribution in [0.4, 0.5) is 17.1 Å². The molecular formula is C65H43N. The van der Waals surface area contributed by atoms with E-state index < -0.39 is 5.41 Å². The zero-order chi connectivity index (χ0) is 43.6. The summed E-state index contributed by atoms with van der Waals surface area (Å²) in [4.78, 5) is 2.48. The molecule has 0 aliphatic heterocycles. The van der Waals surface area contributed by atoms with Gasteiger partial charge in [0.05, 0.1) is 11.1 Å². The van der Waals surface area contributed by atoms with Gasteiger partial charge in [-0.05, 0) is 136 Å². The molecule has 1 heteroatoms. The lowest BCUT2D eigenvalue weighted by molar-refractivity contribution is 0.771. The molecule has 0 aromatic heterocycles. The molecule has 0 unspecified atom stereocenters. The Hall–Kier alpha value is -8.52. The smallest absolute Gasteiger partial charge is 0.0714 e. The zero-order valence-electron chi connectivity index (χ0n) is 36.3. The maximum atomic E-state index is 2.48. The van der Waals surface area contributed by atoms with E-state index in [0.717, 1.165) is 17.1 Å². The topological polar surface area (TPSA) is 3.24 Å². The van der Waals surface area contributed by atoms with Gasteiger partial charge in [-0.1, -0.05) is 218 Å². The number of hydrogen-bond donors (Lipinski definition) is 0. The number of nitrogens with zero attached hydrogens (tertiary/aromatic N) is 1. The standard InChI is InChI=1S/C65H43N/c1-3-18-50-42-52(36-30-44(50)14-1)65(53-37-31-45-15-2-4-19-51(45)43-53)61-27-10-9-24-60(61)64-62(65)28-13-29-63(64)66(54-38-32-48(33-39-54)58-25-11-20-46-16-5-7-22-56(46)58)55-40-34-49(35-41-55)59-26-12-21-47-17-6-8-23-57(47)59/h1-43H. The van der Waals surface area contributed by atoms with E-state index in [4.69, 9.17) is 0 Å². The van der Waals surface area contributed by atoms with E-state index in [2.05, 4.69) is 266 Å². The van der Waals surface area contributed by atoms with Crippen molar-refractivity contribution in [3.05, 3.63) is 283 Å². The molecule has 0 fully saturated rings. The Morgan fingerprint density at radius 1 is 0.273 bits per heavy atom. The van der Waals surface area contributed by atoms with Crippen molar-refractivity contribution in [1.82, 2.24) is 0 Å². The van der Waals surface area contributed by atoms with E-state index in [9.17, 15) is 0 Å². The first-order valence-electron chi connectivity index (χ1n) is 22.9. The molecule has 0 atom stereocenters. The Labute approximate surface area is 385 Å². The summed E-state index contributed by atoms with van der Waals surface area (Å²) in [5.41, 5.74) is 15.1. The highest BCUT2D eigenvalue weighted by molar-refractivity contribution is 6.01. The van der Waals surface area contributed by atoms with Crippen LogP contribution in [0, 0.1) is 0 Å². The van der Waals surface area contributed by atoms with Gasteiger partial charge in [-0.15, -0.1) is 0 Å². The highest BCUT2D eigenvalue weighted by Gasteiger charge is 2.47. The van der Waals surface area contributed by atoms with Gasteiger partial charge in [0.15, 0.2) is 0 Å². The SMILES string of the molecule is c1ccc2c(c1)-c1c(N(c3ccc(-c4cccc5ccccc45)cc3)c3ccc(-c4cccc5ccccc45)cc3)cccc1C2(c1ccc2ccccc2c1)c1ccc2ccccc2c1. The van der Waals surface area contributed by atoms with Crippen LogP contribution in [0.15, 0.2) is 261 Å². The van der Waals surface area contributed by atoms with Gasteiger partial charge in [0.1, 0.15) is 0 Å². The third-order valence-corrected chi connectivity index (χ3v) is 14.1. The fourth-order valence-corrected chi connectivity index (χ4v) is 11.1. The largest absolute Gasteiger partial charge is 0.310 e. The van der Waals surface area contributed by atoms with Gasteiger partial charge in [0.2, 0.25) is 0 Å². The van der Waals surface area contributed by atoms with Gasteiger partial charge in [-0.25, -0.2) is 0 Å². The molecule has 0 heterocycles.